The van der Waals surface area contributed by atoms with Crippen LogP contribution >= 0.6 is 0 Å². The Kier molecular flexibility index (Phi) is 6.55. The molecule has 2 aromatic rings. The van der Waals surface area contributed by atoms with Gasteiger partial charge in [-0.3, -0.25) is 9.69 Å². The summed E-state index contributed by atoms with van der Waals surface area (Å²) in [7, 11) is -3.71. The summed E-state index contributed by atoms with van der Waals surface area (Å²) in [6, 6.07) is 8.32. The Labute approximate surface area is 176 Å². The Hall–Kier alpha value is -2.74. The van der Waals surface area contributed by atoms with Crippen LogP contribution in [0.1, 0.15) is 30.4 Å². The molecule has 0 bridgehead atoms. The van der Waals surface area contributed by atoms with E-state index in [4.69, 9.17) is 9.78 Å². The molecule has 1 N–H and O–H groups in total. The van der Waals surface area contributed by atoms with E-state index in [0.717, 1.165) is 0 Å². The van der Waals surface area contributed by atoms with Gasteiger partial charge >= 0.3 is 0 Å². The van der Waals surface area contributed by atoms with Crippen LogP contribution in [-0.2, 0) is 14.8 Å². The van der Waals surface area contributed by atoms with Crippen molar-refractivity contribution < 1.29 is 17.7 Å². The van der Waals surface area contributed by atoms with Crippen LogP contribution in [0.2, 0.25) is 0 Å². The molecule has 160 valence electrons. The molecule has 10 heteroatoms. The Bertz CT molecular complexity index is 1050. The maximum Gasteiger partial charge on any atom is 0.248 e. The molecule has 3 rings (SSSR count). The van der Waals surface area contributed by atoms with E-state index < -0.39 is 16.1 Å². The largest absolute Gasteiger partial charge is 0.360 e. The van der Waals surface area contributed by atoms with Crippen molar-refractivity contribution in [1.29, 1.82) is 5.26 Å². The van der Waals surface area contributed by atoms with Gasteiger partial charge in [-0.15, -0.1) is 0 Å². The minimum absolute atomic E-state index is 0.124. The summed E-state index contributed by atoms with van der Waals surface area (Å²) in [6.07, 6.45) is 0.601. The van der Waals surface area contributed by atoms with Crippen LogP contribution in [0.25, 0.3) is 0 Å². The molecule has 1 aromatic carbocycles. The number of aromatic nitrogens is 1. The summed E-state index contributed by atoms with van der Waals surface area (Å²) >= 11 is 0. The Morgan fingerprint density at radius 3 is 2.70 bits per heavy atom. The number of hydrogen-bond acceptors (Lipinski definition) is 7. The smallest absolute Gasteiger partial charge is 0.248 e. The first-order valence-electron chi connectivity index (χ1n) is 9.72. The number of aryl methyl sites for hydroxylation is 2. The summed E-state index contributed by atoms with van der Waals surface area (Å²) in [5.41, 5.74) is 1.37. The van der Waals surface area contributed by atoms with Crippen molar-refractivity contribution in [2.45, 2.75) is 38.1 Å². The summed E-state index contributed by atoms with van der Waals surface area (Å²) in [5, 5.41) is 15.6. The topological polar surface area (TPSA) is 120 Å². The molecule has 0 aliphatic carbocycles. The third-order valence-corrected chi connectivity index (χ3v) is 7.39. The van der Waals surface area contributed by atoms with Gasteiger partial charge in [0.15, 0.2) is 5.76 Å². The lowest BCUT2D eigenvalue weighted by Crippen LogP contribution is -2.44. The monoisotopic (exact) mass is 431 g/mol. The zero-order valence-corrected chi connectivity index (χ0v) is 18.1. The highest BCUT2D eigenvalue weighted by atomic mass is 32.2. The van der Waals surface area contributed by atoms with Gasteiger partial charge in [0.1, 0.15) is 10.6 Å². The normalized spacial score (nSPS) is 17.1. The Balaban J connectivity index is 1.67. The average molecular weight is 432 g/mol. The van der Waals surface area contributed by atoms with Crippen LogP contribution in [-0.4, -0.2) is 60.9 Å². The summed E-state index contributed by atoms with van der Waals surface area (Å²) in [5.74, 6) is 0.0769. The molecule has 0 unspecified atom stereocenters. The molecule has 1 atom stereocenters. The summed E-state index contributed by atoms with van der Waals surface area (Å²) in [4.78, 5) is 14.8. The highest BCUT2D eigenvalue weighted by molar-refractivity contribution is 7.89. The molecule has 30 heavy (non-hydrogen) atoms. The van der Waals surface area contributed by atoms with E-state index in [0.29, 0.717) is 43.0 Å². The van der Waals surface area contributed by atoms with Gasteiger partial charge in [0.25, 0.3) is 0 Å². The fourth-order valence-corrected chi connectivity index (χ4v) is 5.35. The van der Waals surface area contributed by atoms with Gasteiger partial charge < -0.3 is 9.84 Å². The van der Waals surface area contributed by atoms with Crippen LogP contribution in [0.4, 0.5) is 5.69 Å². The van der Waals surface area contributed by atoms with Crippen molar-refractivity contribution in [2.75, 3.05) is 31.5 Å². The van der Waals surface area contributed by atoms with Crippen LogP contribution in [0.5, 0.6) is 0 Å². The number of carbonyl (C=O) groups excluding carboxylic acids is 1. The van der Waals surface area contributed by atoms with E-state index in [9.17, 15) is 13.2 Å². The number of amides is 1. The van der Waals surface area contributed by atoms with E-state index >= 15 is 0 Å². The van der Waals surface area contributed by atoms with Crippen molar-refractivity contribution in [3.63, 3.8) is 0 Å². The predicted molar refractivity (Wildman–Crippen MR) is 110 cm³/mol. The maximum atomic E-state index is 13.1. The second kappa shape index (κ2) is 8.95. The van der Waals surface area contributed by atoms with Gasteiger partial charge in [-0.05, 0) is 45.4 Å². The fraction of sp³-hybridized carbons (Fsp3) is 0.450. The molecule has 2 heterocycles. The number of nitrogens with zero attached hydrogens (tertiary/aromatic N) is 4. The van der Waals surface area contributed by atoms with Crippen molar-refractivity contribution in [1.82, 2.24) is 14.4 Å². The standard InChI is InChI=1S/C20H25N5O4S/c1-14-19(16(3)29-23-14)30(27,28)25-9-5-8-24(10-11-25)15(2)20(26)22-18-7-4-6-17(12-18)13-21/h4,6-7,12,15H,5,8-11H2,1-3H3,(H,22,26)/t15-/m1/s1. The molecule has 1 aliphatic heterocycles. The molecule has 1 aromatic heterocycles. The lowest BCUT2D eigenvalue weighted by molar-refractivity contribution is -0.120. The first-order valence-corrected chi connectivity index (χ1v) is 11.2. The third kappa shape index (κ3) is 4.53. The van der Waals surface area contributed by atoms with Crippen molar-refractivity contribution >= 4 is 21.6 Å². The number of sulfonamides is 1. The minimum Gasteiger partial charge on any atom is -0.360 e. The lowest BCUT2D eigenvalue weighted by atomic mass is 10.2. The molecule has 1 amide bonds. The van der Waals surface area contributed by atoms with Gasteiger partial charge in [-0.2, -0.15) is 9.57 Å². The van der Waals surface area contributed by atoms with Crippen molar-refractivity contribution in [3.05, 3.63) is 41.3 Å². The Morgan fingerprint density at radius 1 is 1.27 bits per heavy atom. The Morgan fingerprint density at radius 2 is 2.03 bits per heavy atom. The van der Waals surface area contributed by atoms with E-state index in [2.05, 4.69) is 10.5 Å². The van der Waals surface area contributed by atoms with Gasteiger partial charge in [0.2, 0.25) is 15.9 Å². The number of nitrogens with one attached hydrogen (secondary N) is 1. The second-order valence-corrected chi connectivity index (χ2v) is 9.18. The van der Waals surface area contributed by atoms with Crippen molar-refractivity contribution in [3.8, 4) is 6.07 Å². The quantitative estimate of drug-likeness (QED) is 0.767. The first-order chi connectivity index (χ1) is 14.2. The molecule has 0 spiro atoms. The van der Waals surface area contributed by atoms with E-state index in [-0.39, 0.29) is 23.1 Å². The van der Waals surface area contributed by atoms with Crippen LogP contribution < -0.4 is 5.32 Å². The zero-order chi connectivity index (χ0) is 21.9. The number of benzene rings is 1. The van der Waals surface area contributed by atoms with E-state index in [1.807, 2.05) is 11.0 Å². The van der Waals surface area contributed by atoms with E-state index in [1.165, 1.54) is 4.31 Å². The predicted octanol–water partition coefficient (Wildman–Crippen LogP) is 1.89. The number of hydrogen-bond donors (Lipinski definition) is 1. The lowest BCUT2D eigenvalue weighted by Gasteiger charge is -2.27. The first kappa shape index (κ1) is 22.0. The number of carbonyl (C=O) groups is 1. The van der Waals surface area contributed by atoms with Gasteiger partial charge in [0.05, 0.1) is 17.7 Å². The highest BCUT2D eigenvalue weighted by Crippen LogP contribution is 2.24. The highest BCUT2D eigenvalue weighted by Gasteiger charge is 2.33. The summed E-state index contributed by atoms with van der Waals surface area (Å²) < 4.78 is 32.6. The average Bonchev–Trinajstić information content (AvgIpc) is 2.92. The fourth-order valence-electron chi connectivity index (χ4n) is 3.59. The number of anilines is 1. The molecule has 0 radical (unpaired) electrons. The van der Waals surface area contributed by atoms with Crippen molar-refractivity contribution in [2.24, 2.45) is 0 Å². The molecule has 1 saturated heterocycles. The van der Waals surface area contributed by atoms with Crippen LogP contribution in [0.3, 0.4) is 0 Å². The SMILES string of the molecule is Cc1noc(C)c1S(=O)(=O)N1CCCN([C@H](C)C(=O)Nc2cccc(C#N)c2)CC1. The maximum absolute atomic E-state index is 13.1. The molecular weight excluding hydrogens is 406 g/mol. The molecular formula is C20H25N5O4S. The van der Waals surface area contributed by atoms with Gasteiger partial charge in [0, 0.05) is 31.9 Å². The number of nitriles is 1. The zero-order valence-electron chi connectivity index (χ0n) is 17.3. The number of rotatable bonds is 5. The van der Waals surface area contributed by atoms with Gasteiger partial charge in [-0.1, -0.05) is 11.2 Å². The van der Waals surface area contributed by atoms with Crippen LogP contribution in [0, 0.1) is 25.2 Å². The van der Waals surface area contributed by atoms with E-state index in [1.54, 1.807) is 45.0 Å². The summed E-state index contributed by atoms with van der Waals surface area (Å²) in [6.45, 7) is 6.65. The third-order valence-electron chi connectivity index (χ3n) is 5.24. The molecule has 9 nitrogen and oxygen atoms in total. The minimum atomic E-state index is -3.71. The molecule has 0 saturated carbocycles. The molecule has 1 fully saturated rings. The van der Waals surface area contributed by atoms with Crippen LogP contribution in [0.15, 0.2) is 33.7 Å². The van der Waals surface area contributed by atoms with Gasteiger partial charge in [-0.25, -0.2) is 8.42 Å². The molecule has 1 aliphatic rings. The second-order valence-electron chi connectivity index (χ2n) is 7.30.